The third kappa shape index (κ3) is 3.32. The summed E-state index contributed by atoms with van der Waals surface area (Å²) in [6.45, 7) is 3.43. The standard InChI is InChI=1S/C23H25NO6/c1-12(23(26)27)9-15-11-18(30-6)22(25)19-13(2)20(24(3)21(15)19)14-7-8-16(28-4)17(10-14)29-5/h7-11,25H,1-6H3,(H,26,27)/b12-9+. The van der Waals surface area contributed by atoms with E-state index in [4.69, 9.17) is 14.2 Å². The van der Waals surface area contributed by atoms with E-state index in [0.29, 0.717) is 28.0 Å². The number of phenols is 1. The maximum Gasteiger partial charge on any atom is 0.331 e. The predicted molar refractivity (Wildman–Crippen MR) is 116 cm³/mol. The molecule has 0 bridgehead atoms. The van der Waals surface area contributed by atoms with E-state index in [-0.39, 0.29) is 17.1 Å². The number of carboxylic acids is 1. The van der Waals surface area contributed by atoms with Crippen molar-refractivity contribution < 1.29 is 29.2 Å². The van der Waals surface area contributed by atoms with Crippen LogP contribution in [0.25, 0.3) is 28.2 Å². The summed E-state index contributed by atoms with van der Waals surface area (Å²) in [5.41, 5.74) is 4.08. The first-order valence-corrected chi connectivity index (χ1v) is 9.28. The molecule has 0 saturated carbocycles. The minimum atomic E-state index is -1.01. The van der Waals surface area contributed by atoms with Gasteiger partial charge in [-0.25, -0.2) is 4.79 Å². The molecule has 2 N–H and O–H groups in total. The maximum absolute atomic E-state index is 11.4. The Hall–Kier alpha value is -3.61. The second-order valence-corrected chi connectivity index (χ2v) is 6.98. The Bertz CT molecular complexity index is 1170. The van der Waals surface area contributed by atoms with Crippen LogP contribution in [0.5, 0.6) is 23.0 Å². The van der Waals surface area contributed by atoms with Crippen LogP contribution in [0.2, 0.25) is 0 Å². The molecule has 3 aromatic rings. The van der Waals surface area contributed by atoms with Crippen LogP contribution < -0.4 is 14.2 Å². The Morgan fingerprint density at radius 1 is 1.03 bits per heavy atom. The van der Waals surface area contributed by atoms with Gasteiger partial charge in [-0.2, -0.15) is 0 Å². The van der Waals surface area contributed by atoms with E-state index in [2.05, 4.69) is 0 Å². The fraction of sp³-hybridized carbons (Fsp3) is 0.261. The number of carboxylic acid groups (broad SMARTS) is 1. The molecular formula is C23H25NO6. The molecule has 0 amide bonds. The van der Waals surface area contributed by atoms with E-state index < -0.39 is 5.97 Å². The van der Waals surface area contributed by atoms with Crippen molar-refractivity contribution in [2.24, 2.45) is 7.05 Å². The first-order valence-electron chi connectivity index (χ1n) is 9.28. The van der Waals surface area contributed by atoms with Crippen LogP contribution in [0.4, 0.5) is 0 Å². The summed E-state index contributed by atoms with van der Waals surface area (Å²) < 4.78 is 18.0. The Labute approximate surface area is 174 Å². The van der Waals surface area contributed by atoms with Gasteiger partial charge in [-0.3, -0.25) is 0 Å². The molecule has 7 heteroatoms. The minimum Gasteiger partial charge on any atom is -0.504 e. The van der Waals surface area contributed by atoms with Crippen molar-refractivity contribution in [3.63, 3.8) is 0 Å². The fourth-order valence-electron chi connectivity index (χ4n) is 3.81. The molecule has 0 spiro atoms. The van der Waals surface area contributed by atoms with E-state index in [9.17, 15) is 15.0 Å². The highest BCUT2D eigenvalue weighted by atomic mass is 16.5. The lowest BCUT2D eigenvalue weighted by molar-refractivity contribution is -0.132. The van der Waals surface area contributed by atoms with Gasteiger partial charge in [0, 0.05) is 29.1 Å². The largest absolute Gasteiger partial charge is 0.504 e. The van der Waals surface area contributed by atoms with Gasteiger partial charge < -0.3 is 29.0 Å². The molecule has 158 valence electrons. The van der Waals surface area contributed by atoms with Crippen molar-refractivity contribution in [3.05, 3.63) is 41.0 Å². The topological polar surface area (TPSA) is 90.1 Å². The van der Waals surface area contributed by atoms with Gasteiger partial charge in [-0.1, -0.05) is 0 Å². The lowest BCUT2D eigenvalue weighted by Gasteiger charge is -2.12. The second-order valence-electron chi connectivity index (χ2n) is 6.98. The number of aromatic hydroxyl groups is 1. The molecule has 1 aromatic heterocycles. The molecule has 0 aliphatic rings. The molecule has 0 atom stereocenters. The SMILES string of the molecule is COc1ccc(-c2c(C)c3c(O)c(OC)cc(/C=C(\C)C(=O)O)c3n2C)cc1OC. The normalized spacial score (nSPS) is 11.6. The third-order valence-electron chi connectivity index (χ3n) is 5.25. The van der Waals surface area contributed by atoms with Gasteiger partial charge in [0.2, 0.25) is 0 Å². The molecule has 0 fully saturated rings. The van der Waals surface area contributed by atoms with E-state index in [1.807, 2.05) is 36.7 Å². The minimum absolute atomic E-state index is 0.0115. The number of phenolic OH excluding ortho intramolecular Hbond substituents is 1. The zero-order valence-corrected chi connectivity index (χ0v) is 17.9. The Balaban J connectivity index is 2.40. The number of hydrogen-bond acceptors (Lipinski definition) is 5. The number of fused-ring (bicyclic) bond motifs is 1. The average Bonchev–Trinajstić information content (AvgIpc) is 3.00. The van der Waals surface area contributed by atoms with Crippen molar-refractivity contribution in [2.45, 2.75) is 13.8 Å². The zero-order chi connectivity index (χ0) is 22.2. The fourth-order valence-corrected chi connectivity index (χ4v) is 3.81. The molecule has 0 radical (unpaired) electrons. The lowest BCUT2D eigenvalue weighted by Crippen LogP contribution is -1.98. The number of rotatable bonds is 6. The van der Waals surface area contributed by atoms with Crippen LogP contribution in [-0.2, 0) is 11.8 Å². The number of carbonyl (C=O) groups is 1. The van der Waals surface area contributed by atoms with Crippen molar-refractivity contribution in [1.29, 1.82) is 0 Å². The van der Waals surface area contributed by atoms with E-state index >= 15 is 0 Å². The molecular weight excluding hydrogens is 386 g/mol. The lowest BCUT2D eigenvalue weighted by atomic mass is 10.0. The second kappa shape index (κ2) is 8.02. The van der Waals surface area contributed by atoms with Gasteiger partial charge in [-0.05, 0) is 49.8 Å². The van der Waals surface area contributed by atoms with Crippen LogP contribution in [0.3, 0.4) is 0 Å². The first kappa shape index (κ1) is 21.1. The number of benzene rings is 2. The van der Waals surface area contributed by atoms with Crippen molar-refractivity contribution in [1.82, 2.24) is 4.57 Å². The highest BCUT2D eigenvalue weighted by Crippen LogP contribution is 2.45. The molecule has 2 aromatic carbocycles. The van der Waals surface area contributed by atoms with Crippen molar-refractivity contribution in [2.75, 3.05) is 21.3 Å². The van der Waals surface area contributed by atoms with E-state index in [1.165, 1.54) is 14.0 Å². The third-order valence-corrected chi connectivity index (χ3v) is 5.25. The average molecular weight is 411 g/mol. The molecule has 1 heterocycles. The molecule has 3 rings (SSSR count). The summed E-state index contributed by atoms with van der Waals surface area (Å²) in [7, 11) is 6.49. The number of methoxy groups -OCH3 is 3. The molecule has 0 aliphatic heterocycles. The van der Waals surface area contributed by atoms with Crippen LogP contribution in [0.1, 0.15) is 18.1 Å². The van der Waals surface area contributed by atoms with Gasteiger partial charge >= 0.3 is 5.97 Å². The smallest absolute Gasteiger partial charge is 0.331 e. The molecule has 7 nitrogen and oxygen atoms in total. The van der Waals surface area contributed by atoms with Crippen LogP contribution >= 0.6 is 0 Å². The summed E-state index contributed by atoms with van der Waals surface area (Å²) in [5.74, 6) is 0.476. The van der Waals surface area contributed by atoms with Gasteiger partial charge in [0.1, 0.15) is 0 Å². The number of aromatic nitrogens is 1. The van der Waals surface area contributed by atoms with Crippen LogP contribution in [0, 0.1) is 6.92 Å². The van der Waals surface area contributed by atoms with Gasteiger partial charge in [0.05, 0.1) is 32.5 Å². The monoisotopic (exact) mass is 411 g/mol. The van der Waals surface area contributed by atoms with E-state index in [0.717, 1.165) is 16.8 Å². The molecule has 0 saturated heterocycles. The highest BCUT2D eigenvalue weighted by Gasteiger charge is 2.23. The first-order chi connectivity index (χ1) is 14.2. The number of aryl methyl sites for hydroxylation is 2. The molecule has 0 aliphatic carbocycles. The van der Waals surface area contributed by atoms with Crippen LogP contribution in [0.15, 0.2) is 29.8 Å². The van der Waals surface area contributed by atoms with Crippen molar-refractivity contribution >= 4 is 22.9 Å². The predicted octanol–water partition coefficient (Wildman–Crippen LogP) is 4.37. The number of nitrogens with zero attached hydrogens (tertiary/aromatic N) is 1. The Morgan fingerprint density at radius 3 is 2.23 bits per heavy atom. The summed E-state index contributed by atoms with van der Waals surface area (Å²) in [4.78, 5) is 11.4. The van der Waals surface area contributed by atoms with E-state index in [1.54, 1.807) is 26.4 Å². The Kier molecular flexibility index (Phi) is 5.64. The number of hydrogen-bond donors (Lipinski definition) is 2. The summed E-state index contributed by atoms with van der Waals surface area (Å²) >= 11 is 0. The van der Waals surface area contributed by atoms with Gasteiger partial charge in [-0.15, -0.1) is 0 Å². The molecule has 30 heavy (non-hydrogen) atoms. The van der Waals surface area contributed by atoms with Gasteiger partial charge in [0.25, 0.3) is 0 Å². The number of aliphatic carboxylic acids is 1. The quantitative estimate of drug-likeness (QED) is 0.586. The highest BCUT2D eigenvalue weighted by molar-refractivity contribution is 6.04. The van der Waals surface area contributed by atoms with Crippen molar-refractivity contribution in [3.8, 4) is 34.3 Å². The molecule has 0 unspecified atom stereocenters. The summed E-state index contributed by atoms with van der Waals surface area (Å²) in [5, 5.41) is 20.8. The van der Waals surface area contributed by atoms with Crippen LogP contribution in [-0.4, -0.2) is 42.1 Å². The summed E-state index contributed by atoms with van der Waals surface area (Å²) in [6.07, 6.45) is 1.57. The zero-order valence-electron chi connectivity index (χ0n) is 17.9. The summed E-state index contributed by atoms with van der Waals surface area (Å²) in [6, 6.07) is 7.24. The maximum atomic E-state index is 11.4. The van der Waals surface area contributed by atoms with Gasteiger partial charge in [0.15, 0.2) is 23.0 Å². The Morgan fingerprint density at radius 2 is 1.67 bits per heavy atom. The number of ether oxygens (including phenoxy) is 3.